The van der Waals surface area contributed by atoms with Crippen molar-refractivity contribution in [3.05, 3.63) is 71.6 Å². The molecule has 1 aliphatic heterocycles. The van der Waals surface area contributed by atoms with Crippen molar-refractivity contribution < 1.29 is 36.3 Å². The molecule has 1 aliphatic rings. The van der Waals surface area contributed by atoms with Crippen LogP contribution in [0.5, 0.6) is 5.75 Å². The number of carbonyl (C=O) groups excluding carboxylic acids is 2. The van der Waals surface area contributed by atoms with Crippen LogP contribution < -0.4 is 25.6 Å². The summed E-state index contributed by atoms with van der Waals surface area (Å²) >= 11 is 0. The lowest BCUT2D eigenvalue weighted by Gasteiger charge is -2.30. The normalized spacial score (nSPS) is 13.8. The van der Waals surface area contributed by atoms with Crippen molar-refractivity contribution in [3.8, 4) is 5.75 Å². The summed E-state index contributed by atoms with van der Waals surface area (Å²) in [6, 6.07) is 10.2. The highest BCUT2D eigenvalue weighted by Crippen LogP contribution is 2.34. The number of alkyl halides is 3. The number of rotatable bonds is 8. The predicted molar refractivity (Wildman–Crippen MR) is 148 cm³/mol. The highest BCUT2D eigenvalue weighted by atomic mass is 19.4. The second kappa shape index (κ2) is 11.7. The number of nitrogen functional groups attached to an aromatic ring is 1. The molecule has 10 nitrogen and oxygen atoms in total. The minimum absolute atomic E-state index is 0.00958. The van der Waals surface area contributed by atoms with Gasteiger partial charge in [-0.2, -0.15) is 13.2 Å². The molecule has 43 heavy (non-hydrogen) atoms. The van der Waals surface area contributed by atoms with E-state index in [4.69, 9.17) is 10.5 Å². The number of ether oxygens (including phenoxy) is 1. The third kappa shape index (κ3) is 6.29. The average Bonchev–Trinajstić information content (AvgIpc) is 3.42. The number of amides is 1. The number of Topliss-reactive ketones (excluding diaryl/α,β-unsaturated/α-hetero) is 1. The number of anilines is 4. The number of methoxy groups -OCH3 is 1. The maximum Gasteiger partial charge on any atom is 0.435 e. The summed E-state index contributed by atoms with van der Waals surface area (Å²) in [6.07, 6.45) is -3.76. The van der Waals surface area contributed by atoms with Gasteiger partial charge in [-0.1, -0.05) is 12.1 Å². The van der Waals surface area contributed by atoms with Gasteiger partial charge in [0.2, 0.25) is 5.91 Å². The van der Waals surface area contributed by atoms with Gasteiger partial charge in [0.1, 0.15) is 17.2 Å². The van der Waals surface area contributed by atoms with Crippen molar-refractivity contribution in [2.45, 2.75) is 25.6 Å². The molecule has 3 heterocycles. The maximum absolute atomic E-state index is 14.5. The summed E-state index contributed by atoms with van der Waals surface area (Å²) in [4.78, 5) is 32.2. The molecule has 0 bridgehead atoms. The smallest absolute Gasteiger partial charge is 0.435 e. The van der Waals surface area contributed by atoms with Gasteiger partial charge in [0, 0.05) is 38.5 Å². The minimum atomic E-state index is -4.80. The topological polar surface area (TPSA) is 118 Å². The van der Waals surface area contributed by atoms with E-state index in [0.717, 1.165) is 12.1 Å². The van der Waals surface area contributed by atoms with Gasteiger partial charge in [0.25, 0.3) is 0 Å². The molecule has 0 atom stereocenters. The number of aromatic nitrogens is 3. The molecule has 2 aromatic heterocycles. The summed E-state index contributed by atoms with van der Waals surface area (Å²) < 4.78 is 76.1. The van der Waals surface area contributed by atoms with E-state index < -0.39 is 41.6 Å². The first kappa shape index (κ1) is 29.5. The van der Waals surface area contributed by atoms with Crippen LogP contribution in [0.4, 0.5) is 44.8 Å². The van der Waals surface area contributed by atoms with E-state index in [-0.39, 0.29) is 61.1 Å². The van der Waals surface area contributed by atoms with Crippen molar-refractivity contribution in [1.29, 1.82) is 0 Å². The van der Waals surface area contributed by atoms with Crippen LogP contribution in [-0.2, 0) is 22.3 Å². The molecule has 3 N–H and O–H groups in total. The molecule has 15 heteroatoms. The average molecular weight is 604 g/mol. The number of nitrogens with one attached hydrogen (secondary N) is 1. The van der Waals surface area contributed by atoms with Gasteiger partial charge >= 0.3 is 6.18 Å². The number of nitrogens with two attached hydrogens (primary N) is 1. The Balaban J connectivity index is 1.60. The Hall–Kier alpha value is -4.95. The van der Waals surface area contributed by atoms with Crippen molar-refractivity contribution in [2.75, 3.05) is 47.6 Å². The number of carbonyl (C=O) groups is 2. The lowest BCUT2D eigenvalue weighted by Crippen LogP contribution is -2.36. The van der Waals surface area contributed by atoms with E-state index in [9.17, 15) is 31.5 Å². The summed E-state index contributed by atoms with van der Waals surface area (Å²) in [5, 5.41) is 6.47. The fourth-order valence-corrected chi connectivity index (χ4v) is 4.73. The van der Waals surface area contributed by atoms with Crippen LogP contribution in [0.3, 0.4) is 0 Å². The van der Waals surface area contributed by atoms with E-state index in [1.54, 1.807) is 29.2 Å². The Morgan fingerprint density at radius 3 is 2.47 bits per heavy atom. The van der Waals surface area contributed by atoms with Gasteiger partial charge in [-0.3, -0.25) is 9.59 Å². The fraction of sp³-hybridized carbons (Fsp3) is 0.286. The number of fused-ring (bicyclic) bond motifs is 1. The number of nitrogens with zero attached hydrogens (tertiary/aromatic N) is 5. The van der Waals surface area contributed by atoms with E-state index in [1.165, 1.54) is 18.1 Å². The third-order valence-corrected chi connectivity index (χ3v) is 6.97. The Kier molecular flexibility index (Phi) is 8.06. The monoisotopic (exact) mass is 603 g/mol. The molecule has 1 amide bonds. The van der Waals surface area contributed by atoms with E-state index in [1.807, 2.05) is 0 Å². The largest absolute Gasteiger partial charge is 0.497 e. The highest BCUT2D eigenvalue weighted by molar-refractivity contribution is 5.97. The summed E-state index contributed by atoms with van der Waals surface area (Å²) in [6.45, 7) is -0.0502. The number of piperidine rings is 1. The van der Waals surface area contributed by atoms with Gasteiger partial charge < -0.3 is 25.6 Å². The molecule has 0 saturated carbocycles. The molecular formula is C28H26F5N7O3. The summed E-state index contributed by atoms with van der Waals surface area (Å²) in [7, 11) is 1.49. The molecular weight excluding hydrogens is 577 g/mol. The molecule has 0 spiro atoms. The number of imidazole rings is 1. The van der Waals surface area contributed by atoms with E-state index >= 15 is 0 Å². The van der Waals surface area contributed by atoms with Crippen LogP contribution in [0.2, 0.25) is 0 Å². The zero-order valence-corrected chi connectivity index (χ0v) is 22.8. The van der Waals surface area contributed by atoms with E-state index in [0.29, 0.717) is 22.0 Å². The second-order valence-corrected chi connectivity index (χ2v) is 9.87. The van der Waals surface area contributed by atoms with Crippen LogP contribution in [0.15, 0.2) is 48.7 Å². The summed E-state index contributed by atoms with van der Waals surface area (Å²) in [5.41, 5.74) is 4.40. The maximum atomic E-state index is 14.5. The van der Waals surface area contributed by atoms with Gasteiger partial charge in [-0.15, -0.1) is 5.10 Å². The number of halogens is 5. The van der Waals surface area contributed by atoms with Crippen molar-refractivity contribution in [3.63, 3.8) is 0 Å². The van der Waals surface area contributed by atoms with Crippen LogP contribution >= 0.6 is 0 Å². The van der Waals surface area contributed by atoms with E-state index in [2.05, 4.69) is 15.4 Å². The molecule has 0 unspecified atom stereocenters. The third-order valence-electron chi connectivity index (χ3n) is 6.97. The van der Waals surface area contributed by atoms with Crippen LogP contribution in [-0.4, -0.2) is 53.0 Å². The second-order valence-electron chi connectivity index (χ2n) is 9.87. The quantitative estimate of drug-likeness (QED) is 0.224. The van der Waals surface area contributed by atoms with Gasteiger partial charge in [-0.05, 0) is 29.8 Å². The molecule has 1 saturated heterocycles. The van der Waals surface area contributed by atoms with Gasteiger partial charge in [-0.25, -0.2) is 18.3 Å². The molecule has 5 rings (SSSR count). The van der Waals surface area contributed by atoms with Crippen molar-refractivity contribution >= 4 is 40.2 Å². The van der Waals surface area contributed by atoms with Gasteiger partial charge in [0.15, 0.2) is 28.8 Å². The molecule has 0 aliphatic carbocycles. The van der Waals surface area contributed by atoms with Crippen molar-refractivity contribution in [2.24, 2.45) is 0 Å². The zero-order chi connectivity index (χ0) is 30.9. The standard InChI is InChI=1S/C28H26F5N7O3/c1-43-18-4-2-16(3-5-18)14-39(15-24(42)36-26-20(34)7-6-19(29)25(26)30)21-12-23(38-10-8-17(41)9-11-38)37-40-22(28(31,32)33)13-35-27(21)40/h2-7,12-13H,8-11,14-15,34H2,1H3,(H,36,42). The molecule has 4 aromatic rings. The fourth-order valence-electron chi connectivity index (χ4n) is 4.73. The molecule has 226 valence electrons. The Morgan fingerprint density at radius 2 is 1.81 bits per heavy atom. The summed E-state index contributed by atoms with van der Waals surface area (Å²) in [5.74, 6) is -2.69. The van der Waals surface area contributed by atoms with Crippen molar-refractivity contribution in [1.82, 2.24) is 14.6 Å². The van der Waals surface area contributed by atoms with Gasteiger partial charge in [0.05, 0.1) is 31.2 Å². The van der Waals surface area contributed by atoms with Crippen LogP contribution in [0.25, 0.3) is 5.65 Å². The number of benzene rings is 2. The molecule has 1 fully saturated rings. The number of hydrogen-bond donors (Lipinski definition) is 2. The zero-order valence-electron chi connectivity index (χ0n) is 22.8. The van der Waals surface area contributed by atoms with Crippen LogP contribution in [0.1, 0.15) is 24.1 Å². The first-order valence-corrected chi connectivity index (χ1v) is 13.1. The van der Waals surface area contributed by atoms with Crippen LogP contribution in [0, 0.1) is 11.6 Å². The Bertz CT molecular complexity index is 1660. The lowest BCUT2D eigenvalue weighted by molar-refractivity contribution is -0.142. The Morgan fingerprint density at radius 1 is 1.12 bits per heavy atom. The SMILES string of the molecule is COc1ccc(CN(CC(=O)Nc2c(N)ccc(F)c2F)c2cc(N3CCC(=O)CC3)nn3c(C(F)(F)F)cnc23)cc1. The predicted octanol–water partition coefficient (Wildman–Crippen LogP) is 4.43. The first-order chi connectivity index (χ1) is 20.4. The molecule has 2 aromatic carbocycles. The highest BCUT2D eigenvalue weighted by Gasteiger charge is 2.37. The number of ketones is 1. The first-order valence-electron chi connectivity index (χ1n) is 13.1. The Labute approximate surface area is 241 Å². The minimum Gasteiger partial charge on any atom is -0.497 e. The lowest BCUT2D eigenvalue weighted by atomic mass is 10.1. The number of hydrogen-bond acceptors (Lipinski definition) is 8. The molecule has 0 radical (unpaired) electrons.